The quantitative estimate of drug-likeness (QED) is 0.758. The van der Waals surface area contributed by atoms with Crippen LogP contribution in [0.15, 0.2) is 24.5 Å². The lowest BCUT2D eigenvalue weighted by atomic mass is 10.2. The highest BCUT2D eigenvalue weighted by Gasteiger charge is 2.06. The maximum atomic E-state index is 4.97. The van der Waals surface area contributed by atoms with E-state index in [2.05, 4.69) is 20.3 Å². The van der Waals surface area contributed by atoms with Gasteiger partial charge >= 0.3 is 0 Å². The molecule has 5 heteroatoms. The Hall–Kier alpha value is -1.72. The molecule has 0 radical (unpaired) electrons. The Bertz CT molecular complexity index is 495. The average molecular weight is 246 g/mol. The van der Waals surface area contributed by atoms with Crippen LogP contribution in [0.5, 0.6) is 0 Å². The van der Waals surface area contributed by atoms with E-state index in [-0.39, 0.29) is 0 Å². The van der Waals surface area contributed by atoms with Gasteiger partial charge in [-0.2, -0.15) is 0 Å². The van der Waals surface area contributed by atoms with Crippen molar-refractivity contribution < 1.29 is 4.74 Å². The van der Waals surface area contributed by atoms with Gasteiger partial charge in [0.15, 0.2) is 5.82 Å². The third-order valence-electron chi connectivity index (χ3n) is 2.66. The molecule has 0 amide bonds. The maximum absolute atomic E-state index is 4.97. The van der Waals surface area contributed by atoms with Crippen LogP contribution in [-0.4, -0.2) is 35.2 Å². The lowest BCUT2D eigenvalue weighted by Gasteiger charge is -2.02. The molecule has 2 N–H and O–H groups in total. The normalized spacial score (nSPS) is 10.8. The number of hydrogen-bond donors (Lipinski definition) is 2. The van der Waals surface area contributed by atoms with Crippen molar-refractivity contribution in [3.63, 3.8) is 0 Å². The van der Waals surface area contributed by atoms with E-state index in [4.69, 9.17) is 4.74 Å². The Morgan fingerprint density at radius 1 is 1.39 bits per heavy atom. The van der Waals surface area contributed by atoms with Crippen LogP contribution in [0.1, 0.15) is 11.3 Å². The summed E-state index contributed by atoms with van der Waals surface area (Å²) >= 11 is 0. The SMILES string of the molecule is COCCNCc1cnc(-c2ncccc2C)[nH]1. The van der Waals surface area contributed by atoms with Gasteiger partial charge in [0.1, 0.15) is 5.69 Å². The molecule has 0 unspecified atom stereocenters. The Balaban J connectivity index is 2.00. The minimum absolute atomic E-state index is 0.709. The minimum atomic E-state index is 0.709. The Morgan fingerprint density at radius 2 is 2.28 bits per heavy atom. The molecule has 0 fully saturated rings. The third-order valence-corrected chi connectivity index (χ3v) is 2.66. The monoisotopic (exact) mass is 246 g/mol. The summed E-state index contributed by atoms with van der Waals surface area (Å²) < 4.78 is 4.97. The second-order valence-electron chi connectivity index (χ2n) is 4.10. The zero-order valence-electron chi connectivity index (χ0n) is 10.7. The molecule has 0 aromatic carbocycles. The summed E-state index contributed by atoms with van der Waals surface area (Å²) in [6, 6.07) is 3.95. The molecule has 0 atom stereocenters. The molecule has 18 heavy (non-hydrogen) atoms. The molecule has 0 spiro atoms. The lowest BCUT2D eigenvalue weighted by Crippen LogP contribution is -2.18. The Labute approximate surface area is 107 Å². The number of aromatic amines is 1. The van der Waals surface area contributed by atoms with Crippen LogP contribution in [0.4, 0.5) is 0 Å². The number of pyridine rings is 1. The molecule has 2 rings (SSSR count). The van der Waals surface area contributed by atoms with Gasteiger partial charge in [0, 0.05) is 32.1 Å². The van der Waals surface area contributed by atoms with Gasteiger partial charge in [-0.15, -0.1) is 0 Å². The van der Waals surface area contributed by atoms with Gasteiger partial charge in [-0.25, -0.2) is 4.98 Å². The maximum Gasteiger partial charge on any atom is 0.156 e. The van der Waals surface area contributed by atoms with Crippen molar-refractivity contribution in [3.8, 4) is 11.5 Å². The first-order valence-corrected chi connectivity index (χ1v) is 5.97. The van der Waals surface area contributed by atoms with E-state index in [0.29, 0.717) is 6.61 Å². The number of imidazole rings is 1. The van der Waals surface area contributed by atoms with Crippen molar-refractivity contribution in [2.24, 2.45) is 0 Å². The molecule has 0 aliphatic rings. The number of nitrogens with one attached hydrogen (secondary N) is 2. The van der Waals surface area contributed by atoms with Crippen LogP contribution in [0.3, 0.4) is 0 Å². The number of nitrogens with zero attached hydrogens (tertiary/aromatic N) is 2. The number of hydrogen-bond acceptors (Lipinski definition) is 4. The molecular formula is C13H18N4O. The number of rotatable bonds is 6. The standard InChI is InChI=1S/C13H18N4O/c1-10-4-3-5-15-12(10)13-16-9-11(17-13)8-14-6-7-18-2/h3-5,9,14H,6-8H2,1-2H3,(H,16,17). The molecule has 0 saturated heterocycles. The Morgan fingerprint density at radius 3 is 3.06 bits per heavy atom. The van der Waals surface area contributed by atoms with Crippen molar-refractivity contribution >= 4 is 0 Å². The molecule has 5 nitrogen and oxygen atoms in total. The zero-order chi connectivity index (χ0) is 12.8. The van der Waals surface area contributed by atoms with Gasteiger partial charge in [-0.1, -0.05) is 6.07 Å². The first kappa shape index (κ1) is 12.7. The fourth-order valence-electron chi connectivity index (χ4n) is 1.70. The van der Waals surface area contributed by atoms with E-state index in [1.165, 1.54) is 0 Å². The average Bonchev–Trinajstić information content (AvgIpc) is 2.84. The highest BCUT2D eigenvalue weighted by Crippen LogP contribution is 2.16. The van der Waals surface area contributed by atoms with E-state index < -0.39 is 0 Å². The minimum Gasteiger partial charge on any atom is -0.383 e. The summed E-state index contributed by atoms with van der Waals surface area (Å²) in [4.78, 5) is 12.0. The van der Waals surface area contributed by atoms with E-state index in [9.17, 15) is 0 Å². The van der Waals surface area contributed by atoms with Gasteiger partial charge in [0.2, 0.25) is 0 Å². The van der Waals surface area contributed by atoms with E-state index in [1.54, 1.807) is 13.3 Å². The molecular weight excluding hydrogens is 228 g/mol. The summed E-state index contributed by atoms with van der Waals surface area (Å²) in [5.41, 5.74) is 3.07. The van der Waals surface area contributed by atoms with Crippen LogP contribution in [-0.2, 0) is 11.3 Å². The number of methoxy groups -OCH3 is 1. The molecule has 2 aromatic heterocycles. The van der Waals surface area contributed by atoms with Crippen molar-refractivity contribution in [3.05, 3.63) is 35.8 Å². The van der Waals surface area contributed by atoms with Crippen molar-refractivity contribution in [1.29, 1.82) is 0 Å². The third kappa shape index (κ3) is 3.15. The van der Waals surface area contributed by atoms with E-state index >= 15 is 0 Å². The van der Waals surface area contributed by atoms with Crippen molar-refractivity contribution in [1.82, 2.24) is 20.3 Å². The molecule has 2 heterocycles. The smallest absolute Gasteiger partial charge is 0.156 e. The topological polar surface area (TPSA) is 62.8 Å². The predicted molar refractivity (Wildman–Crippen MR) is 70.1 cm³/mol. The molecule has 0 aliphatic heterocycles. The second-order valence-corrected chi connectivity index (χ2v) is 4.10. The van der Waals surface area contributed by atoms with Crippen LogP contribution in [0, 0.1) is 6.92 Å². The summed E-state index contributed by atoms with van der Waals surface area (Å²) in [6.45, 7) is 4.32. The summed E-state index contributed by atoms with van der Waals surface area (Å²) in [5, 5.41) is 3.27. The summed E-state index contributed by atoms with van der Waals surface area (Å²) in [5.74, 6) is 0.816. The molecule has 0 bridgehead atoms. The summed E-state index contributed by atoms with van der Waals surface area (Å²) in [7, 11) is 1.69. The van der Waals surface area contributed by atoms with Gasteiger partial charge in [0.05, 0.1) is 12.8 Å². The molecule has 2 aromatic rings. The molecule has 0 aliphatic carbocycles. The van der Waals surface area contributed by atoms with Crippen LogP contribution in [0.2, 0.25) is 0 Å². The number of ether oxygens (including phenoxy) is 1. The lowest BCUT2D eigenvalue weighted by molar-refractivity contribution is 0.199. The van der Waals surface area contributed by atoms with Crippen molar-refractivity contribution in [2.75, 3.05) is 20.3 Å². The highest BCUT2D eigenvalue weighted by molar-refractivity contribution is 5.54. The first-order valence-electron chi connectivity index (χ1n) is 5.97. The van der Waals surface area contributed by atoms with Crippen LogP contribution >= 0.6 is 0 Å². The zero-order valence-corrected chi connectivity index (χ0v) is 10.7. The van der Waals surface area contributed by atoms with Crippen LogP contribution < -0.4 is 5.32 Å². The second kappa shape index (κ2) is 6.28. The van der Waals surface area contributed by atoms with E-state index in [0.717, 1.165) is 35.9 Å². The molecule has 96 valence electrons. The first-order chi connectivity index (χ1) is 8.81. The van der Waals surface area contributed by atoms with Gasteiger partial charge in [0.25, 0.3) is 0 Å². The molecule has 0 saturated carbocycles. The largest absolute Gasteiger partial charge is 0.383 e. The number of aromatic nitrogens is 3. The fourth-order valence-corrected chi connectivity index (χ4v) is 1.70. The number of H-pyrrole nitrogens is 1. The summed E-state index contributed by atoms with van der Waals surface area (Å²) in [6.07, 6.45) is 3.62. The van der Waals surface area contributed by atoms with E-state index in [1.807, 2.05) is 25.3 Å². The highest BCUT2D eigenvalue weighted by atomic mass is 16.5. The van der Waals surface area contributed by atoms with Gasteiger partial charge in [-0.3, -0.25) is 4.98 Å². The number of aryl methyl sites for hydroxylation is 1. The van der Waals surface area contributed by atoms with Crippen LogP contribution in [0.25, 0.3) is 11.5 Å². The van der Waals surface area contributed by atoms with Gasteiger partial charge in [-0.05, 0) is 18.6 Å². The predicted octanol–water partition coefficient (Wildman–Crippen LogP) is 1.52. The Kier molecular flexibility index (Phi) is 4.44. The van der Waals surface area contributed by atoms with Crippen molar-refractivity contribution in [2.45, 2.75) is 13.5 Å². The fraction of sp³-hybridized carbons (Fsp3) is 0.385. The van der Waals surface area contributed by atoms with Gasteiger partial charge < -0.3 is 15.0 Å².